The van der Waals surface area contributed by atoms with E-state index in [9.17, 15) is 14.3 Å². The van der Waals surface area contributed by atoms with E-state index in [4.69, 9.17) is 0 Å². The standard InChI is InChI=1S/C17H23FN2O2/c18-13-6-7-14-12(10-13)4-3-5-15(14)19-16(22)20-17(11-21)8-1-2-9-17/h6-7,10,15,21H,1-5,8-9,11H2,(H2,19,20,22). The molecule has 2 amide bonds. The Morgan fingerprint density at radius 3 is 2.82 bits per heavy atom. The van der Waals surface area contributed by atoms with Gasteiger partial charge in [-0.05, 0) is 55.4 Å². The Morgan fingerprint density at radius 1 is 1.32 bits per heavy atom. The second-order valence-electron chi connectivity index (χ2n) is 6.53. The van der Waals surface area contributed by atoms with Crippen molar-refractivity contribution in [3.8, 4) is 0 Å². The quantitative estimate of drug-likeness (QED) is 0.804. The van der Waals surface area contributed by atoms with Gasteiger partial charge < -0.3 is 15.7 Å². The number of urea groups is 1. The largest absolute Gasteiger partial charge is 0.394 e. The molecule has 0 heterocycles. The fourth-order valence-electron chi connectivity index (χ4n) is 3.74. The number of fused-ring (bicyclic) bond motifs is 1. The average molecular weight is 306 g/mol. The van der Waals surface area contributed by atoms with Crippen LogP contribution in [0.5, 0.6) is 0 Å². The van der Waals surface area contributed by atoms with Gasteiger partial charge in [-0.25, -0.2) is 9.18 Å². The number of hydrogen-bond acceptors (Lipinski definition) is 2. The van der Waals surface area contributed by atoms with Gasteiger partial charge in [-0.2, -0.15) is 0 Å². The highest BCUT2D eigenvalue weighted by molar-refractivity contribution is 5.75. The lowest BCUT2D eigenvalue weighted by molar-refractivity contribution is 0.161. The molecule has 0 aromatic heterocycles. The van der Waals surface area contributed by atoms with Crippen LogP contribution in [0.25, 0.3) is 0 Å². The second-order valence-corrected chi connectivity index (χ2v) is 6.53. The van der Waals surface area contributed by atoms with Crippen LogP contribution in [0.4, 0.5) is 9.18 Å². The first-order valence-electron chi connectivity index (χ1n) is 8.10. The van der Waals surface area contributed by atoms with E-state index in [0.717, 1.165) is 56.1 Å². The van der Waals surface area contributed by atoms with Gasteiger partial charge in [-0.1, -0.05) is 18.9 Å². The van der Waals surface area contributed by atoms with E-state index in [-0.39, 0.29) is 24.5 Å². The van der Waals surface area contributed by atoms with Gasteiger partial charge in [-0.3, -0.25) is 0 Å². The first kappa shape index (κ1) is 15.3. The van der Waals surface area contributed by atoms with Crippen molar-refractivity contribution in [3.05, 3.63) is 35.1 Å². The molecule has 1 fully saturated rings. The molecule has 4 nitrogen and oxygen atoms in total. The van der Waals surface area contributed by atoms with Crippen LogP contribution >= 0.6 is 0 Å². The van der Waals surface area contributed by atoms with Gasteiger partial charge in [0, 0.05) is 0 Å². The van der Waals surface area contributed by atoms with Crippen molar-refractivity contribution < 1.29 is 14.3 Å². The summed E-state index contributed by atoms with van der Waals surface area (Å²) in [5.41, 5.74) is 1.52. The van der Waals surface area contributed by atoms with Crippen LogP contribution in [-0.4, -0.2) is 23.3 Å². The van der Waals surface area contributed by atoms with Crippen LogP contribution < -0.4 is 10.6 Å². The number of nitrogens with one attached hydrogen (secondary N) is 2. The zero-order valence-electron chi connectivity index (χ0n) is 12.7. The number of aliphatic hydroxyl groups is 1. The molecule has 5 heteroatoms. The molecule has 2 aliphatic carbocycles. The lowest BCUT2D eigenvalue weighted by Gasteiger charge is -2.31. The van der Waals surface area contributed by atoms with Crippen molar-refractivity contribution in [2.24, 2.45) is 0 Å². The fourth-order valence-corrected chi connectivity index (χ4v) is 3.74. The van der Waals surface area contributed by atoms with Crippen molar-refractivity contribution in [2.45, 2.75) is 56.5 Å². The Labute approximate surface area is 130 Å². The van der Waals surface area contributed by atoms with Crippen molar-refractivity contribution in [1.29, 1.82) is 0 Å². The summed E-state index contributed by atoms with van der Waals surface area (Å²) < 4.78 is 13.3. The summed E-state index contributed by atoms with van der Waals surface area (Å²) in [6.45, 7) is -0.0209. The third-order valence-electron chi connectivity index (χ3n) is 4.97. The Bertz CT molecular complexity index is 556. The summed E-state index contributed by atoms with van der Waals surface area (Å²) in [4.78, 5) is 12.3. The van der Waals surface area contributed by atoms with Crippen molar-refractivity contribution in [3.63, 3.8) is 0 Å². The zero-order valence-corrected chi connectivity index (χ0v) is 12.7. The number of aryl methyl sites for hydroxylation is 1. The minimum Gasteiger partial charge on any atom is -0.394 e. The summed E-state index contributed by atoms with van der Waals surface area (Å²) in [5, 5.41) is 15.5. The predicted molar refractivity (Wildman–Crippen MR) is 82.0 cm³/mol. The van der Waals surface area contributed by atoms with E-state index < -0.39 is 5.54 Å². The third-order valence-corrected chi connectivity index (χ3v) is 4.97. The van der Waals surface area contributed by atoms with Crippen molar-refractivity contribution >= 4 is 6.03 Å². The molecule has 3 N–H and O–H groups in total. The SMILES string of the molecule is O=C(NC1CCCc2cc(F)ccc21)NC1(CO)CCCC1. The number of amides is 2. The van der Waals surface area contributed by atoms with Crippen molar-refractivity contribution in [1.82, 2.24) is 10.6 Å². The number of carbonyl (C=O) groups is 1. The Morgan fingerprint density at radius 2 is 2.09 bits per heavy atom. The van der Waals surface area contributed by atoms with Gasteiger partial charge in [0.1, 0.15) is 5.82 Å². The molecule has 0 saturated heterocycles. The van der Waals surface area contributed by atoms with E-state index in [1.807, 2.05) is 0 Å². The van der Waals surface area contributed by atoms with Crippen LogP contribution in [-0.2, 0) is 6.42 Å². The average Bonchev–Trinajstić information content (AvgIpc) is 2.96. The fraction of sp³-hybridized carbons (Fsp3) is 0.588. The number of hydrogen-bond donors (Lipinski definition) is 3. The number of benzene rings is 1. The van der Waals surface area contributed by atoms with Crippen LogP contribution in [0.15, 0.2) is 18.2 Å². The highest BCUT2D eigenvalue weighted by Gasteiger charge is 2.35. The van der Waals surface area contributed by atoms with Gasteiger partial charge in [0.2, 0.25) is 0 Å². The van der Waals surface area contributed by atoms with Gasteiger partial charge in [0.15, 0.2) is 0 Å². The summed E-state index contributed by atoms with van der Waals surface area (Å²) in [6, 6.07) is 4.46. The molecule has 0 aliphatic heterocycles. The normalized spacial score (nSPS) is 22.9. The topological polar surface area (TPSA) is 61.4 Å². The molecule has 1 atom stereocenters. The number of rotatable bonds is 3. The van der Waals surface area contributed by atoms with Crippen LogP contribution in [0, 0.1) is 5.82 Å². The molecule has 0 radical (unpaired) electrons. The maximum atomic E-state index is 13.3. The molecule has 1 saturated carbocycles. The van der Waals surface area contributed by atoms with E-state index >= 15 is 0 Å². The first-order valence-corrected chi connectivity index (χ1v) is 8.10. The van der Waals surface area contributed by atoms with E-state index in [2.05, 4.69) is 10.6 Å². The zero-order chi connectivity index (χ0) is 15.6. The first-order chi connectivity index (χ1) is 10.6. The predicted octanol–water partition coefficient (Wildman–Crippen LogP) is 2.81. The minimum absolute atomic E-state index is 0.0209. The lowest BCUT2D eigenvalue weighted by Crippen LogP contribution is -2.53. The Kier molecular flexibility index (Phi) is 4.34. The molecule has 1 aromatic carbocycles. The molecule has 120 valence electrons. The highest BCUT2D eigenvalue weighted by Crippen LogP contribution is 2.31. The smallest absolute Gasteiger partial charge is 0.315 e. The minimum atomic E-state index is -0.468. The highest BCUT2D eigenvalue weighted by atomic mass is 19.1. The Hall–Kier alpha value is -1.62. The third kappa shape index (κ3) is 3.09. The van der Waals surface area contributed by atoms with Gasteiger partial charge in [-0.15, -0.1) is 0 Å². The molecule has 0 bridgehead atoms. The number of halogens is 1. The molecule has 22 heavy (non-hydrogen) atoms. The van der Waals surface area contributed by atoms with Crippen LogP contribution in [0.2, 0.25) is 0 Å². The molecular weight excluding hydrogens is 283 g/mol. The number of carbonyl (C=O) groups excluding carboxylic acids is 1. The van der Waals surface area contributed by atoms with E-state index in [1.165, 1.54) is 6.07 Å². The van der Waals surface area contributed by atoms with Crippen LogP contribution in [0.1, 0.15) is 55.7 Å². The molecular formula is C17H23FN2O2. The van der Waals surface area contributed by atoms with Crippen LogP contribution in [0.3, 0.4) is 0 Å². The maximum absolute atomic E-state index is 13.3. The maximum Gasteiger partial charge on any atom is 0.315 e. The summed E-state index contributed by atoms with van der Waals surface area (Å²) in [6.07, 6.45) is 6.36. The van der Waals surface area contributed by atoms with Gasteiger partial charge in [0.25, 0.3) is 0 Å². The summed E-state index contributed by atoms with van der Waals surface area (Å²) in [7, 11) is 0. The van der Waals surface area contributed by atoms with Crippen molar-refractivity contribution in [2.75, 3.05) is 6.61 Å². The molecule has 1 unspecified atom stereocenters. The van der Waals surface area contributed by atoms with E-state index in [1.54, 1.807) is 12.1 Å². The lowest BCUT2D eigenvalue weighted by atomic mass is 9.87. The molecule has 3 rings (SSSR count). The summed E-state index contributed by atoms with van der Waals surface area (Å²) in [5.74, 6) is -0.228. The van der Waals surface area contributed by atoms with Gasteiger partial charge >= 0.3 is 6.03 Å². The number of aliphatic hydroxyl groups excluding tert-OH is 1. The second kappa shape index (κ2) is 6.24. The molecule has 0 spiro atoms. The van der Waals surface area contributed by atoms with E-state index in [0.29, 0.717) is 0 Å². The summed E-state index contributed by atoms with van der Waals surface area (Å²) >= 11 is 0. The monoisotopic (exact) mass is 306 g/mol. The Balaban J connectivity index is 1.68. The molecule has 2 aliphatic rings. The van der Waals surface area contributed by atoms with Gasteiger partial charge in [0.05, 0.1) is 18.2 Å². The molecule has 1 aromatic rings.